The van der Waals surface area contributed by atoms with Gasteiger partial charge < -0.3 is 9.66 Å². The predicted octanol–water partition coefficient (Wildman–Crippen LogP) is 9.09. The van der Waals surface area contributed by atoms with Gasteiger partial charge in [0.15, 0.2) is 0 Å². The third-order valence-corrected chi connectivity index (χ3v) is 10.2. The highest BCUT2D eigenvalue weighted by molar-refractivity contribution is 8.29. The molecule has 0 heterocycles. The average molecular weight is 453 g/mol. The van der Waals surface area contributed by atoms with E-state index in [4.69, 9.17) is 0 Å². The van der Waals surface area contributed by atoms with Crippen LogP contribution in [0.5, 0.6) is 0 Å². The maximum Gasteiger partial charge on any atom is 0.0639 e. The minimum atomic E-state index is -2.06. The van der Waals surface area contributed by atoms with Gasteiger partial charge in [-0.05, 0) is 42.9 Å². The molecule has 2 nitrogen and oxygen atoms in total. The van der Waals surface area contributed by atoms with Crippen LogP contribution in [0.3, 0.4) is 0 Å². The van der Waals surface area contributed by atoms with E-state index in [9.17, 15) is 9.66 Å². The van der Waals surface area contributed by atoms with Crippen molar-refractivity contribution < 1.29 is 9.66 Å². The van der Waals surface area contributed by atoms with Gasteiger partial charge in [0.05, 0.1) is 6.10 Å². The van der Waals surface area contributed by atoms with Gasteiger partial charge in [-0.3, -0.25) is 0 Å². The Morgan fingerprint density at radius 3 is 1.74 bits per heavy atom. The van der Waals surface area contributed by atoms with Crippen LogP contribution in [0.2, 0.25) is 0 Å². The zero-order chi connectivity index (χ0) is 23.3. The van der Waals surface area contributed by atoms with Crippen molar-refractivity contribution in [3.63, 3.8) is 0 Å². The highest BCUT2D eigenvalue weighted by atomic mass is 32.3. The van der Waals surface area contributed by atoms with E-state index >= 15 is 0 Å². The van der Waals surface area contributed by atoms with Crippen LogP contribution in [0, 0.1) is 0 Å². The quantitative estimate of drug-likeness (QED) is 0.245. The molecule has 2 N–H and O–H groups in total. The summed E-state index contributed by atoms with van der Waals surface area (Å²) >= 11 is 0. The molecule has 0 aliphatic carbocycles. The van der Waals surface area contributed by atoms with E-state index in [1.165, 1.54) is 63.4 Å². The number of hydrogen-bond donors (Lipinski definition) is 2. The van der Waals surface area contributed by atoms with Crippen molar-refractivity contribution in [1.82, 2.24) is 0 Å². The highest BCUT2D eigenvalue weighted by Crippen LogP contribution is 2.59. The molecule has 0 saturated carbocycles. The molecular weight excluding hydrogens is 400 g/mol. The number of rotatable bonds is 16. The Kier molecular flexibility index (Phi) is 13.4. The van der Waals surface area contributed by atoms with E-state index in [1.807, 2.05) is 6.92 Å². The van der Waals surface area contributed by atoms with E-state index in [-0.39, 0.29) is 10.7 Å². The smallest absolute Gasteiger partial charge is 0.0639 e. The summed E-state index contributed by atoms with van der Waals surface area (Å²) in [5, 5.41) is 10.7. The van der Waals surface area contributed by atoms with Crippen LogP contribution >= 0.6 is 10.3 Å². The first-order valence-corrected chi connectivity index (χ1v) is 14.8. The lowest BCUT2D eigenvalue weighted by atomic mass is 9.87. The van der Waals surface area contributed by atoms with Gasteiger partial charge in [-0.25, -0.2) is 0 Å². The van der Waals surface area contributed by atoms with Crippen LogP contribution in [-0.2, 0) is 5.41 Å². The van der Waals surface area contributed by atoms with E-state index in [0.29, 0.717) is 0 Å². The second kappa shape index (κ2) is 14.6. The van der Waals surface area contributed by atoms with Crippen LogP contribution in [-0.4, -0.2) is 26.8 Å². The van der Waals surface area contributed by atoms with Crippen LogP contribution in [0.25, 0.3) is 0 Å². The van der Waals surface area contributed by atoms with Gasteiger partial charge in [0.1, 0.15) is 0 Å². The fraction of sp³-hybridized carbons (Fsp3) is 0.786. The summed E-state index contributed by atoms with van der Waals surface area (Å²) < 4.78 is 12.1. The summed E-state index contributed by atoms with van der Waals surface area (Å²) in [6.45, 7) is 13.1. The van der Waals surface area contributed by atoms with E-state index < -0.39 is 16.4 Å². The van der Waals surface area contributed by atoms with Crippen molar-refractivity contribution in [2.24, 2.45) is 0 Å². The van der Waals surface area contributed by atoms with Crippen molar-refractivity contribution in [3.8, 4) is 0 Å². The van der Waals surface area contributed by atoms with Crippen molar-refractivity contribution in [3.05, 3.63) is 29.8 Å². The molecule has 0 radical (unpaired) electrons. The monoisotopic (exact) mass is 452 g/mol. The SMILES string of the molecule is CCCCCCCCS(O)(c1ccc(C(C)(C)C)cc1)C(CCCCCCC)C(C)O. The molecule has 0 aliphatic rings. The topological polar surface area (TPSA) is 40.5 Å². The summed E-state index contributed by atoms with van der Waals surface area (Å²) in [6, 6.07) is 8.68. The molecule has 0 bridgehead atoms. The standard InChI is InChI=1S/C28H52O2S/c1-7-9-11-13-15-17-23-31(30,26-21-19-25(20-22-26)28(4,5)6)27(24(3)29)18-16-14-12-10-8-2/h19-22,24,27,29-30H,7-18,23H2,1-6H3. The molecule has 0 saturated heterocycles. The van der Waals surface area contributed by atoms with Crippen molar-refractivity contribution in [2.45, 2.75) is 140 Å². The number of benzene rings is 1. The van der Waals surface area contributed by atoms with Crippen LogP contribution < -0.4 is 0 Å². The number of aliphatic hydroxyl groups is 1. The van der Waals surface area contributed by atoms with Gasteiger partial charge in [-0.2, -0.15) is 0 Å². The van der Waals surface area contributed by atoms with E-state index in [0.717, 1.165) is 29.9 Å². The highest BCUT2D eigenvalue weighted by Gasteiger charge is 2.36. The Labute approximate surface area is 195 Å². The maximum absolute atomic E-state index is 12.1. The zero-order valence-electron chi connectivity index (χ0n) is 21.5. The van der Waals surface area contributed by atoms with Crippen LogP contribution in [0.1, 0.15) is 124 Å². The third-order valence-electron chi connectivity index (χ3n) is 6.57. The molecule has 182 valence electrons. The summed E-state index contributed by atoms with van der Waals surface area (Å²) in [5.74, 6) is 0.818. The molecule has 1 aromatic rings. The molecular formula is C28H52O2S. The van der Waals surface area contributed by atoms with E-state index in [1.54, 1.807) is 0 Å². The van der Waals surface area contributed by atoms with Crippen LogP contribution in [0.4, 0.5) is 0 Å². The fourth-order valence-corrected chi connectivity index (χ4v) is 7.80. The lowest BCUT2D eigenvalue weighted by molar-refractivity contribution is 0.182. The minimum absolute atomic E-state index is 0.0368. The molecule has 0 aliphatic heterocycles. The first-order valence-electron chi connectivity index (χ1n) is 13.0. The summed E-state index contributed by atoms with van der Waals surface area (Å²) in [6.07, 6.45) is 13.9. The van der Waals surface area contributed by atoms with Gasteiger partial charge in [-0.1, -0.05) is 111 Å². The summed E-state index contributed by atoms with van der Waals surface area (Å²) in [4.78, 5) is 1.06. The molecule has 0 aromatic heterocycles. The van der Waals surface area contributed by atoms with Gasteiger partial charge in [-0.15, -0.1) is 10.3 Å². The lowest BCUT2D eigenvalue weighted by Gasteiger charge is -2.44. The Hall–Kier alpha value is -0.510. The predicted molar refractivity (Wildman–Crippen MR) is 141 cm³/mol. The molecule has 1 rings (SSSR count). The maximum atomic E-state index is 12.1. The number of hydrogen-bond acceptors (Lipinski definition) is 2. The molecule has 0 fully saturated rings. The fourth-order valence-electron chi connectivity index (χ4n) is 4.45. The van der Waals surface area contributed by atoms with Gasteiger partial charge >= 0.3 is 0 Å². The molecule has 1 aromatic carbocycles. The second-order valence-corrected chi connectivity index (χ2v) is 13.5. The van der Waals surface area contributed by atoms with Crippen LogP contribution in [0.15, 0.2) is 29.2 Å². The molecule has 3 atom stereocenters. The normalized spacial score (nSPS) is 17.2. The first kappa shape index (κ1) is 28.5. The van der Waals surface area contributed by atoms with Gasteiger partial charge in [0, 0.05) is 15.9 Å². The van der Waals surface area contributed by atoms with Crippen molar-refractivity contribution in [2.75, 3.05) is 5.75 Å². The number of aliphatic hydroxyl groups excluding tert-OH is 1. The third kappa shape index (κ3) is 9.88. The average Bonchev–Trinajstić information content (AvgIpc) is 2.72. The second-order valence-electron chi connectivity index (χ2n) is 10.5. The molecule has 31 heavy (non-hydrogen) atoms. The molecule has 0 spiro atoms. The van der Waals surface area contributed by atoms with Gasteiger partial charge in [0.2, 0.25) is 0 Å². The lowest BCUT2D eigenvalue weighted by Crippen LogP contribution is -2.31. The van der Waals surface area contributed by atoms with Crippen molar-refractivity contribution in [1.29, 1.82) is 0 Å². The minimum Gasteiger partial charge on any atom is -0.392 e. The Bertz CT molecular complexity index is 576. The molecule has 3 unspecified atom stereocenters. The number of unbranched alkanes of at least 4 members (excludes halogenated alkanes) is 9. The summed E-state index contributed by atoms with van der Waals surface area (Å²) in [5.41, 5.74) is 1.40. The summed E-state index contributed by atoms with van der Waals surface area (Å²) in [7, 11) is -2.06. The zero-order valence-corrected chi connectivity index (χ0v) is 22.3. The van der Waals surface area contributed by atoms with Gasteiger partial charge in [0.25, 0.3) is 0 Å². The largest absolute Gasteiger partial charge is 0.392 e. The Balaban J connectivity index is 3.00. The Morgan fingerprint density at radius 1 is 0.774 bits per heavy atom. The molecule has 3 heteroatoms. The molecule has 0 amide bonds. The van der Waals surface area contributed by atoms with Crippen molar-refractivity contribution >= 4 is 10.3 Å². The Morgan fingerprint density at radius 2 is 1.26 bits per heavy atom. The van der Waals surface area contributed by atoms with E-state index in [2.05, 4.69) is 58.9 Å². The first-order chi connectivity index (χ1) is 14.7.